The number of halogens is 1. The molecular weight excluding hydrogens is 328 g/mol. The number of fused-ring (bicyclic) bond motifs is 1. The maximum Gasteiger partial charge on any atom is 0.353 e. The summed E-state index contributed by atoms with van der Waals surface area (Å²) in [6.07, 6.45) is 0. The molecule has 3 rings (SSSR count). The molecule has 7 heteroatoms. The molecule has 0 spiro atoms. The third-order valence-electron chi connectivity index (χ3n) is 2.83. The van der Waals surface area contributed by atoms with E-state index in [2.05, 4.69) is 26.1 Å². The Kier molecular flexibility index (Phi) is 2.75. The van der Waals surface area contributed by atoms with Crippen molar-refractivity contribution in [2.75, 3.05) is 0 Å². The van der Waals surface area contributed by atoms with Gasteiger partial charge in [0.25, 0.3) is 0 Å². The van der Waals surface area contributed by atoms with E-state index < -0.39 is 11.8 Å². The molecule has 104 valence electrons. The number of nitrogens with one attached hydrogen (secondary N) is 1. The average molecular weight is 339 g/mol. The standard InChI is InChI=1S/C13H11BrN2O4/c1-13(2)19-10-3-6(7(14)4-11(10)20-13)8-5-9(12(17)18)16-15-8/h3-5H,1-2H3,(H,15,16)(H,17,18). The van der Waals surface area contributed by atoms with Gasteiger partial charge in [0.15, 0.2) is 11.5 Å². The van der Waals surface area contributed by atoms with Crippen molar-refractivity contribution >= 4 is 21.9 Å². The van der Waals surface area contributed by atoms with E-state index in [1.54, 1.807) is 12.1 Å². The molecule has 1 aromatic carbocycles. The number of hydrogen-bond donors (Lipinski definition) is 2. The molecular formula is C13H11BrN2O4. The van der Waals surface area contributed by atoms with E-state index >= 15 is 0 Å². The summed E-state index contributed by atoms with van der Waals surface area (Å²) in [5.74, 6) is -0.521. The summed E-state index contributed by atoms with van der Waals surface area (Å²) in [6, 6.07) is 5.03. The smallest absolute Gasteiger partial charge is 0.353 e. The van der Waals surface area contributed by atoms with Crippen molar-refractivity contribution in [2.24, 2.45) is 0 Å². The quantitative estimate of drug-likeness (QED) is 0.879. The Bertz CT molecular complexity index is 708. The first-order valence-electron chi connectivity index (χ1n) is 5.86. The predicted octanol–water partition coefficient (Wildman–Crippen LogP) is 3.04. The summed E-state index contributed by atoms with van der Waals surface area (Å²) in [7, 11) is 0. The van der Waals surface area contributed by atoms with Crippen LogP contribution in [0.25, 0.3) is 11.3 Å². The Morgan fingerprint density at radius 2 is 1.95 bits per heavy atom. The summed E-state index contributed by atoms with van der Waals surface area (Å²) < 4.78 is 12.1. The van der Waals surface area contributed by atoms with Gasteiger partial charge in [-0.2, -0.15) is 5.10 Å². The first-order chi connectivity index (χ1) is 9.35. The van der Waals surface area contributed by atoms with Crippen molar-refractivity contribution in [1.82, 2.24) is 10.2 Å². The van der Waals surface area contributed by atoms with Gasteiger partial charge in [0.05, 0.1) is 5.69 Å². The SMILES string of the molecule is CC1(C)Oc2cc(Br)c(-c3cc(C(=O)O)[nH]n3)cc2O1. The first kappa shape index (κ1) is 13.0. The third-order valence-corrected chi connectivity index (χ3v) is 3.49. The largest absolute Gasteiger partial charge is 0.477 e. The number of nitrogens with zero attached hydrogens (tertiary/aromatic N) is 1. The van der Waals surface area contributed by atoms with Crippen molar-refractivity contribution < 1.29 is 19.4 Å². The highest BCUT2D eigenvalue weighted by Crippen LogP contribution is 2.44. The van der Waals surface area contributed by atoms with Crippen LogP contribution in [0.5, 0.6) is 11.5 Å². The summed E-state index contributed by atoms with van der Waals surface area (Å²) in [5, 5.41) is 15.4. The highest BCUT2D eigenvalue weighted by molar-refractivity contribution is 9.10. The highest BCUT2D eigenvalue weighted by atomic mass is 79.9. The fraction of sp³-hybridized carbons (Fsp3) is 0.231. The average Bonchev–Trinajstić information content (AvgIpc) is 2.90. The van der Waals surface area contributed by atoms with Gasteiger partial charge in [0.2, 0.25) is 5.79 Å². The molecule has 2 N–H and O–H groups in total. The monoisotopic (exact) mass is 338 g/mol. The Labute approximate surface area is 122 Å². The molecule has 20 heavy (non-hydrogen) atoms. The molecule has 0 radical (unpaired) electrons. The number of rotatable bonds is 2. The number of hydrogen-bond acceptors (Lipinski definition) is 4. The number of benzene rings is 1. The Balaban J connectivity index is 2.05. The molecule has 0 amide bonds. The maximum atomic E-state index is 10.9. The summed E-state index contributed by atoms with van der Waals surface area (Å²) in [5.41, 5.74) is 1.28. The van der Waals surface area contributed by atoms with E-state index in [4.69, 9.17) is 14.6 Å². The van der Waals surface area contributed by atoms with Gasteiger partial charge in [-0.15, -0.1) is 0 Å². The lowest BCUT2D eigenvalue weighted by molar-refractivity contribution is -0.0431. The lowest BCUT2D eigenvalue weighted by atomic mass is 10.1. The van der Waals surface area contributed by atoms with Crippen molar-refractivity contribution in [3.63, 3.8) is 0 Å². The van der Waals surface area contributed by atoms with Gasteiger partial charge in [-0.1, -0.05) is 0 Å². The van der Waals surface area contributed by atoms with Gasteiger partial charge in [0, 0.05) is 23.9 Å². The topological polar surface area (TPSA) is 84.4 Å². The fourth-order valence-corrected chi connectivity index (χ4v) is 2.54. The molecule has 0 unspecified atom stereocenters. The minimum atomic E-state index is -1.05. The number of ether oxygens (including phenoxy) is 2. The van der Waals surface area contributed by atoms with Crippen LogP contribution in [-0.4, -0.2) is 27.1 Å². The summed E-state index contributed by atoms with van der Waals surface area (Å²) in [6.45, 7) is 3.63. The van der Waals surface area contributed by atoms with Gasteiger partial charge < -0.3 is 14.6 Å². The van der Waals surface area contributed by atoms with Crippen molar-refractivity contribution in [3.8, 4) is 22.8 Å². The van der Waals surface area contributed by atoms with E-state index in [1.165, 1.54) is 6.07 Å². The van der Waals surface area contributed by atoms with E-state index in [-0.39, 0.29) is 5.69 Å². The second-order valence-electron chi connectivity index (χ2n) is 4.85. The van der Waals surface area contributed by atoms with Crippen LogP contribution in [-0.2, 0) is 0 Å². The second-order valence-corrected chi connectivity index (χ2v) is 5.71. The van der Waals surface area contributed by atoms with Gasteiger partial charge >= 0.3 is 5.97 Å². The third kappa shape index (κ3) is 2.14. The molecule has 2 aromatic rings. The molecule has 0 atom stereocenters. The summed E-state index contributed by atoms with van der Waals surface area (Å²) in [4.78, 5) is 10.9. The van der Waals surface area contributed by atoms with Gasteiger partial charge in [0.1, 0.15) is 5.69 Å². The van der Waals surface area contributed by atoms with Crippen molar-refractivity contribution in [3.05, 3.63) is 28.4 Å². The van der Waals surface area contributed by atoms with Crippen LogP contribution < -0.4 is 9.47 Å². The molecule has 1 aliphatic rings. The number of aromatic carboxylic acids is 1. The number of carboxylic acids is 1. The Morgan fingerprint density at radius 1 is 1.30 bits per heavy atom. The van der Waals surface area contributed by atoms with Gasteiger partial charge in [-0.3, -0.25) is 5.10 Å². The highest BCUT2D eigenvalue weighted by Gasteiger charge is 2.32. The van der Waals surface area contributed by atoms with E-state index in [0.717, 1.165) is 10.0 Å². The second kappa shape index (κ2) is 4.24. The van der Waals surface area contributed by atoms with Crippen LogP contribution in [0, 0.1) is 0 Å². The minimum Gasteiger partial charge on any atom is -0.477 e. The number of H-pyrrole nitrogens is 1. The van der Waals surface area contributed by atoms with Crippen LogP contribution in [0.1, 0.15) is 24.3 Å². The molecule has 0 fully saturated rings. The van der Waals surface area contributed by atoms with E-state index in [0.29, 0.717) is 17.2 Å². The molecule has 6 nitrogen and oxygen atoms in total. The lowest BCUT2D eigenvalue weighted by Gasteiger charge is -2.16. The van der Waals surface area contributed by atoms with Crippen LogP contribution in [0.3, 0.4) is 0 Å². The number of carboxylic acid groups (broad SMARTS) is 1. The minimum absolute atomic E-state index is 0.0323. The van der Waals surface area contributed by atoms with E-state index in [1.807, 2.05) is 13.8 Å². The Morgan fingerprint density at radius 3 is 2.55 bits per heavy atom. The lowest BCUT2D eigenvalue weighted by Crippen LogP contribution is -2.29. The normalized spacial score (nSPS) is 15.3. The Hall–Kier alpha value is -2.02. The fourth-order valence-electron chi connectivity index (χ4n) is 2.01. The van der Waals surface area contributed by atoms with Crippen molar-refractivity contribution in [2.45, 2.75) is 19.6 Å². The molecule has 2 heterocycles. The van der Waals surface area contributed by atoms with Crippen LogP contribution in [0.4, 0.5) is 0 Å². The summed E-state index contributed by atoms with van der Waals surface area (Å²) >= 11 is 3.43. The first-order valence-corrected chi connectivity index (χ1v) is 6.66. The number of carbonyl (C=O) groups is 1. The number of aromatic amines is 1. The zero-order valence-electron chi connectivity index (χ0n) is 10.7. The van der Waals surface area contributed by atoms with Crippen molar-refractivity contribution in [1.29, 1.82) is 0 Å². The zero-order valence-corrected chi connectivity index (χ0v) is 12.3. The molecule has 1 aromatic heterocycles. The molecule has 0 aliphatic carbocycles. The molecule has 0 bridgehead atoms. The van der Waals surface area contributed by atoms with Crippen LogP contribution >= 0.6 is 15.9 Å². The number of aromatic nitrogens is 2. The maximum absolute atomic E-state index is 10.9. The molecule has 0 saturated carbocycles. The van der Waals surface area contributed by atoms with Gasteiger partial charge in [-0.05, 0) is 34.1 Å². The molecule has 1 aliphatic heterocycles. The molecule has 0 saturated heterocycles. The van der Waals surface area contributed by atoms with E-state index in [9.17, 15) is 4.79 Å². The van der Waals surface area contributed by atoms with Gasteiger partial charge in [-0.25, -0.2) is 4.79 Å². The van der Waals surface area contributed by atoms with Crippen LogP contribution in [0.2, 0.25) is 0 Å². The predicted molar refractivity (Wildman–Crippen MR) is 74.0 cm³/mol. The zero-order chi connectivity index (χ0) is 14.5. The van der Waals surface area contributed by atoms with Crippen LogP contribution in [0.15, 0.2) is 22.7 Å².